The van der Waals surface area contributed by atoms with Crippen molar-refractivity contribution < 1.29 is 9.53 Å². The molecule has 0 aliphatic carbocycles. The Balaban J connectivity index is 2.04. The molecular formula is C13H18N2O2. The molecule has 0 radical (unpaired) electrons. The van der Waals surface area contributed by atoms with E-state index in [1.807, 2.05) is 31.2 Å². The minimum Gasteiger partial charge on any atom is -0.491 e. The number of carbonyl (C=O) groups excluding carboxylic acids is 1. The number of para-hydroxylation sites is 1. The first-order chi connectivity index (χ1) is 8.26. The van der Waals surface area contributed by atoms with Gasteiger partial charge in [-0.3, -0.25) is 4.79 Å². The molecule has 4 nitrogen and oxygen atoms in total. The Morgan fingerprint density at radius 1 is 1.59 bits per heavy atom. The number of hydrogen-bond acceptors (Lipinski definition) is 3. The van der Waals surface area contributed by atoms with Gasteiger partial charge >= 0.3 is 0 Å². The zero-order valence-corrected chi connectivity index (χ0v) is 9.98. The second-order valence-electron chi connectivity index (χ2n) is 4.25. The van der Waals surface area contributed by atoms with Crippen LogP contribution >= 0.6 is 0 Å². The molecule has 2 rings (SSSR count). The van der Waals surface area contributed by atoms with E-state index in [0.717, 1.165) is 17.7 Å². The minimum atomic E-state index is -0.109. The lowest BCUT2D eigenvalue weighted by Crippen LogP contribution is -2.37. The van der Waals surface area contributed by atoms with E-state index in [4.69, 9.17) is 10.5 Å². The summed E-state index contributed by atoms with van der Waals surface area (Å²) in [5.41, 5.74) is 6.61. The van der Waals surface area contributed by atoms with E-state index in [1.54, 1.807) is 0 Å². The van der Waals surface area contributed by atoms with Gasteiger partial charge in [0.05, 0.1) is 6.04 Å². The fourth-order valence-corrected chi connectivity index (χ4v) is 2.03. The van der Waals surface area contributed by atoms with Crippen LogP contribution < -0.4 is 15.8 Å². The Morgan fingerprint density at radius 3 is 3.06 bits per heavy atom. The number of benzene rings is 1. The van der Waals surface area contributed by atoms with Crippen LogP contribution in [0.2, 0.25) is 0 Å². The van der Waals surface area contributed by atoms with Crippen molar-refractivity contribution in [3.63, 3.8) is 0 Å². The van der Waals surface area contributed by atoms with Gasteiger partial charge in [-0.25, -0.2) is 0 Å². The molecule has 2 atom stereocenters. The zero-order valence-electron chi connectivity index (χ0n) is 9.98. The second-order valence-corrected chi connectivity index (χ2v) is 4.25. The molecule has 1 aromatic rings. The summed E-state index contributed by atoms with van der Waals surface area (Å²) in [4.78, 5) is 11.9. The smallest absolute Gasteiger partial charge is 0.224 e. The third kappa shape index (κ3) is 2.42. The molecule has 0 saturated carbocycles. The largest absolute Gasteiger partial charge is 0.491 e. The van der Waals surface area contributed by atoms with Crippen LogP contribution in [0.1, 0.15) is 24.9 Å². The second kappa shape index (κ2) is 5.19. The number of fused-ring (bicyclic) bond motifs is 1. The Morgan fingerprint density at radius 2 is 2.35 bits per heavy atom. The lowest BCUT2D eigenvalue weighted by Gasteiger charge is -2.16. The van der Waals surface area contributed by atoms with Crippen molar-refractivity contribution in [3.05, 3.63) is 29.8 Å². The molecule has 1 aliphatic rings. The summed E-state index contributed by atoms with van der Waals surface area (Å²) in [5, 5.41) is 2.99. The standard InChI is InChI=1S/C13H18N2O2/c1-2-9(7-14)13(16)15-11-8-17-12-6-4-3-5-10(11)12/h3-6,9,11H,2,7-8,14H2,1H3,(H,15,16). The van der Waals surface area contributed by atoms with Crippen LogP contribution in [-0.2, 0) is 4.79 Å². The van der Waals surface area contributed by atoms with Crippen molar-refractivity contribution in [1.29, 1.82) is 0 Å². The van der Waals surface area contributed by atoms with E-state index in [0.29, 0.717) is 13.2 Å². The predicted molar refractivity (Wildman–Crippen MR) is 65.7 cm³/mol. The van der Waals surface area contributed by atoms with E-state index in [2.05, 4.69) is 5.32 Å². The van der Waals surface area contributed by atoms with Crippen LogP contribution in [0.25, 0.3) is 0 Å². The molecule has 1 aliphatic heterocycles. The van der Waals surface area contributed by atoms with Crippen LogP contribution in [0.5, 0.6) is 5.75 Å². The first-order valence-corrected chi connectivity index (χ1v) is 5.98. The molecule has 2 unspecified atom stereocenters. The van der Waals surface area contributed by atoms with Crippen LogP contribution in [0.3, 0.4) is 0 Å². The van der Waals surface area contributed by atoms with E-state index in [9.17, 15) is 4.79 Å². The molecule has 0 spiro atoms. The van der Waals surface area contributed by atoms with Crippen molar-refractivity contribution >= 4 is 5.91 Å². The van der Waals surface area contributed by atoms with Crippen molar-refractivity contribution in [3.8, 4) is 5.75 Å². The van der Waals surface area contributed by atoms with Crippen molar-refractivity contribution in [1.82, 2.24) is 5.32 Å². The number of carbonyl (C=O) groups is 1. The van der Waals surface area contributed by atoms with Gasteiger partial charge < -0.3 is 15.8 Å². The normalized spacial score (nSPS) is 19.3. The Bertz CT molecular complexity index is 402. The highest BCUT2D eigenvalue weighted by Gasteiger charge is 2.26. The third-order valence-electron chi connectivity index (χ3n) is 3.16. The molecule has 0 aromatic heterocycles. The topological polar surface area (TPSA) is 64.4 Å². The molecule has 1 amide bonds. The Kier molecular flexibility index (Phi) is 3.64. The number of amides is 1. The zero-order chi connectivity index (χ0) is 12.3. The average molecular weight is 234 g/mol. The van der Waals surface area contributed by atoms with Gasteiger partial charge in [0.15, 0.2) is 0 Å². The molecule has 17 heavy (non-hydrogen) atoms. The summed E-state index contributed by atoms with van der Waals surface area (Å²) in [7, 11) is 0. The first kappa shape index (κ1) is 11.9. The number of nitrogens with one attached hydrogen (secondary N) is 1. The van der Waals surface area contributed by atoms with E-state index < -0.39 is 0 Å². The maximum absolute atomic E-state index is 11.9. The van der Waals surface area contributed by atoms with Gasteiger partial charge in [0.2, 0.25) is 5.91 Å². The Hall–Kier alpha value is -1.55. The number of rotatable bonds is 4. The molecule has 0 fully saturated rings. The molecule has 1 heterocycles. The van der Waals surface area contributed by atoms with Gasteiger partial charge in [-0.05, 0) is 12.5 Å². The maximum Gasteiger partial charge on any atom is 0.224 e. The first-order valence-electron chi connectivity index (χ1n) is 5.98. The summed E-state index contributed by atoms with van der Waals surface area (Å²) in [5.74, 6) is 0.765. The highest BCUT2D eigenvalue weighted by molar-refractivity contribution is 5.79. The molecule has 3 N–H and O–H groups in total. The molecule has 1 aromatic carbocycles. The summed E-state index contributed by atoms with van der Waals surface area (Å²) in [6.45, 7) is 2.86. The van der Waals surface area contributed by atoms with Crippen molar-refractivity contribution in [2.24, 2.45) is 11.7 Å². The lowest BCUT2D eigenvalue weighted by molar-refractivity contribution is -0.125. The van der Waals surface area contributed by atoms with Crippen molar-refractivity contribution in [2.45, 2.75) is 19.4 Å². The Labute approximate surface area is 101 Å². The van der Waals surface area contributed by atoms with Crippen LogP contribution in [-0.4, -0.2) is 19.1 Å². The predicted octanol–water partition coefficient (Wildman–Crippen LogP) is 1.22. The number of nitrogens with two attached hydrogens (primary N) is 1. The number of ether oxygens (including phenoxy) is 1. The lowest BCUT2D eigenvalue weighted by atomic mass is 10.0. The molecule has 0 saturated heterocycles. The van der Waals surface area contributed by atoms with Gasteiger partial charge in [-0.2, -0.15) is 0 Å². The highest BCUT2D eigenvalue weighted by atomic mass is 16.5. The summed E-state index contributed by atoms with van der Waals surface area (Å²) in [6, 6.07) is 7.74. The molecular weight excluding hydrogens is 216 g/mol. The van der Waals surface area contributed by atoms with Gasteiger partial charge in [-0.15, -0.1) is 0 Å². The highest BCUT2D eigenvalue weighted by Crippen LogP contribution is 2.31. The van der Waals surface area contributed by atoms with Gasteiger partial charge in [0.1, 0.15) is 12.4 Å². The SMILES string of the molecule is CCC(CN)C(=O)NC1COc2ccccc21. The van der Waals surface area contributed by atoms with Gasteiger partial charge in [0.25, 0.3) is 0 Å². The molecule has 0 bridgehead atoms. The minimum absolute atomic E-state index is 0.0142. The van der Waals surface area contributed by atoms with Crippen LogP contribution in [0, 0.1) is 5.92 Å². The maximum atomic E-state index is 11.9. The summed E-state index contributed by atoms with van der Waals surface area (Å²) < 4.78 is 5.51. The van der Waals surface area contributed by atoms with Crippen molar-refractivity contribution in [2.75, 3.05) is 13.2 Å². The molecule has 4 heteroatoms. The fraction of sp³-hybridized carbons (Fsp3) is 0.462. The van der Waals surface area contributed by atoms with E-state index in [1.165, 1.54) is 0 Å². The quantitative estimate of drug-likeness (QED) is 0.823. The van der Waals surface area contributed by atoms with E-state index >= 15 is 0 Å². The third-order valence-corrected chi connectivity index (χ3v) is 3.16. The van der Waals surface area contributed by atoms with Gasteiger partial charge in [0, 0.05) is 18.0 Å². The fourth-order valence-electron chi connectivity index (χ4n) is 2.03. The van der Waals surface area contributed by atoms with Gasteiger partial charge in [-0.1, -0.05) is 25.1 Å². The van der Waals surface area contributed by atoms with Crippen LogP contribution in [0.15, 0.2) is 24.3 Å². The van der Waals surface area contributed by atoms with E-state index in [-0.39, 0.29) is 17.9 Å². The summed E-state index contributed by atoms with van der Waals surface area (Å²) >= 11 is 0. The summed E-state index contributed by atoms with van der Waals surface area (Å²) in [6.07, 6.45) is 0.761. The molecule has 92 valence electrons. The van der Waals surface area contributed by atoms with Crippen LogP contribution in [0.4, 0.5) is 0 Å². The number of hydrogen-bond donors (Lipinski definition) is 2. The monoisotopic (exact) mass is 234 g/mol. The average Bonchev–Trinajstić information content (AvgIpc) is 2.74.